The first-order valence-electron chi connectivity index (χ1n) is 5.62. The van der Waals surface area contributed by atoms with Crippen molar-refractivity contribution in [3.63, 3.8) is 0 Å². The Morgan fingerprint density at radius 1 is 1.06 bits per heavy atom. The van der Waals surface area contributed by atoms with Crippen molar-refractivity contribution in [1.29, 1.82) is 0 Å². The fourth-order valence-corrected chi connectivity index (χ4v) is 1.81. The van der Waals surface area contributed by atoms with E-state index in [0.717, 1.165) is 16.7 Å². The maximum atomic E-state index is 5.82. The van der Waals surface area contributed by atoms with E-state index < -0.39 is 0 Å². The zero-order valence-corrected chi connectivity index (χ0v) is 11.2. The molecule has 96 valence electrons. The predicted octanol–water partition coefficient (Wildman–Crippen LogP) is 3.52. The largest absolute Gasteiger partial charge is 0.491 e. The highest BCUT2D eigenvalue weighted by Gasteiger charge is 1.99. The van der Waals surface area contributed by atoms with Gasteiger partial charge in [0.2, 0.25) is 0 Å². The minimum Gasteiger partial charge on any atom is -0.491 e. The summed E-state index contributed by atoms with van der Waals surface area (Å²) in [7, 11) is 0. The van der Waals surface area contributed by atoms with Gasteiger partial charge in [-0.25, -0.2) is 4.98 Å². The number of ether oxygens (including phenoxy) is 2. The number of pyridine rings is 1. The van der Waals surface area contributed by atoms with Gasteiger partial charge in [-0.3, -0.25) is 0 Å². The molecular formula is C13H13Cl2NO2. The molecule has 0 saturated carbocycles. The molecule has 2 aromatic rings. The van der Waals surface area contributed by atoms with Crippen molar-refractivity contribution in [2.75, 3.05) is 25.7 Å². The van der Waals surface area contributed by atoms with Crippen molar-refractivity contribution in [2.45, 2.75) is 0 Å². The number of halogens is 2. The van der Waals surface area contributed by atoms with Crippen LogP contribution in [0.3, 0.4) is 0 Å². The Balaban J connectivity index is 1.95. The summed E-state index contributed by atoms with van der Waals surface area (Å²) in [5, 5.41) is 1.49. The molecule has 0 saturated heterocycles. The summed E-state index contributed by atoms with van der Waals surface area (Å²) in [6, 6.07) is 9.36. The van der Waals surface area contributed by atoms with Crippen molar-refractivity contribution in [3.8, 4) is 5.75 Å². The molecule has 0 radical (unpaired) electrons. The lowest BCUT2D eigenvalue weighted by Crippen LogP contribution is -2.07. The molecule has 5 heteroatoms. The molecule has 0 N–H and O–H groups in total. The Labute approximate surface area is 116 Å². The van der Waals surface area contributed by atoms with Gasteiger partial charge in [-0.1, -0.05) is 11.6 Å². The minimum absolute atomic E-state index is 0.491. The van der Waals surface area contributed by atoms with Crippen LogP contribution < -0.4 is 4.74 Å². The molecule has 0 fully saturated rings. The van der Waals surface area contributed by atoms with Gasteiger partial charge in [0.1, 0.15) is 17.5 Å². The van der Waals surface area contributed by atoms with Crippen LogP contribution in [0, 0.1) is 0 Å². The van der Waals surface area contributed by atoms with E-state index in [1.165, 1.54) is 0 Å². The summed E-state index contributed by atoms with van der Waals surface area (Å²) in [4.78, 5) is 4.21. The molecule has 1 aromatic heterocycles. The summed E-state index contributed by atoms with van der Waals surface area (Å²) in [6.07, 6.45) is 0. The molecule has 2 rings (SSSR count). The van der Waals surface area contributed by atoms with Crippen LogP contribution in [-0.2, 0) is 4.74 Å². The van der Waals surface area contributed by atoms with Crippen molar-refractivity contribution in [3.05, 3.63) is 35.5 Å². The maximum Gasteiger partial charge on any atom is 0.129 e. The van der Waals surface area contributed by atoms with Gasteiger partial charge in [0.25, 0.3) is 0 Å². The molecule has 0 spiro atoms. The van der Waals surface area contributed by atoms with E-state index in [9.17, 15) is 0 Å². The second kappa shape index (κ2) is 6.78. The van der Waals surface area contributed by atoms with Crippen LogP contribution in [0.4, 0.5) is 0 Å². The number of nitrogens with zero attached hydrogens (tertiary/aromatic N) is 1. The molecule has 0 aliphatic carbocycles. The molecule has 1 aromatic carbocycles. The third kappa shape index (κ3) is 3.73. The van der Waals surface area contributed by atoms with E-state index in [-0.39, 0.29) is 0 Å². The molecule has 0 aliphatic heterocycles. The second-order valence-corrected chi connectivity index (χ2v) is 4.40. The number of fused-ring (bicyclic) bond motifs is 1. The van der Waals surface area contributed by atoms with Crippen LogP contribution in [0.5, 0.6) is 5.75 Å². The summed E-state index contributed by atoms with van der Waals surface area (Å²) in [5.74, 6) is 1.30. The SMILES string of the molecule is ClCCOCCOc1ccc2nc(Cl)ccc2c1. The van der Waals surface area contributed by atoms with E-state index in [2.05, 4.69) is 4.98 Å². The Hall–Kier alpha value is -1.03. The van der Waals surface area contributed by atoms with E-state index in [4.69, 9.17) is 32.7 Å². The third-order valence-corrected chi connectivity index (χ3v) is 2.71. The number of aromatic nitrogens is 1. The number of benzene rings is 1. The van der Waals surface area contributed by atoms with E-state index in [0.29, 0.717) is 30.9 Å². The topological polar surface area (TPSA) is 31.4 Å². The quantitative estimate of drug-likeness (QED) is 0.462. The molecule has 0 amide bonds. The maximum absolute atomic E-state index is 5.82. The average molecular weight is 286 g/mol. The lowest BCUT2D eigenvalue weighted by atomic mass is 10.2. The highest BCUT2D eigenvalue weighted by atomic mass is 35.5. The fraction of sp³-hybridized carbons (Fsp3) is 0.308. The van der Waals surface area contributed by atoms with E-state index >= 15 is 0 Å². The Kier molecular flexibility index (Phi) is 5.05. The number of alkyl halides is 1. The summed E-state index contributed by atoms with van der Waals surface area (Å²) in [5.41, 5.74) is 0.855. The third-order valence-electron chi connectivity index (χ3n) is 2.34. The van der Waals surface area contributed by atoms with Crippen LogP contribution in [0.25, 0.3) is 10.9 Å². The van der Waals surface area contributed by atoms with Gasteiger partial charge in [-0.2, -0.15) is 0 Å². The fourth-order valence-electron chi connectivity index (χ4n) is 1.54. The minimum atomic E-state index is 0.491. The first-order chi connectivity index (χ1) is 8.79. The van der Waals surface area contributed by atoms with E-state index in [1.807, 2.05) is 24.3 Å². The Morgan fingerprint density at radius 2 is 1.94 bits per heavy atom. The van der Waals surface area contributed by atoms with Crippen molar-refractivity contribution < 1.29 is 9.47 Å². The van der Waals surface area contributed by atoms with Crippen molar-refractivity contribution in [2.24, 2.45) is 0 Å². The zero-order valence-electron chi connectivity index (χ0n) is 9.73. The summed E-state index contributed by atoms with van der Waals surface area (Å²) >= 11 is 11.3. The van der Waals surface area contributed by atoms with Gasteiger partial charge in [0.15, 0.2) is 0 Å². The Bertz CT molecular complexity index is 519. The second-order valence-electron chi connectivity index (χ2n) is 3.64. The number of hydrogen-bond donors (Lipinski definition) is 0. The van der Waals surface area contributed by atoms with Crippen LogP contribution in [-0.4, -0.2) is 30.7 Å². The monoisotopic (exact) mass is 285 g/mol. The molecule has 1 heterocycles. The van der Waals surface area contributed by atoms with Gasteiger partial charge >= 0.3 is 0 Å². The molecule has 18 heavy (non-hydrogen) atoms. The molecule has 3 nitrogen and oxygen atoms in total. The van der Waals surface area contributed by atoms with Gasteiger partial charge in [0, 0.05) is 11.3 Å². The highest BCUT2D eigenvalue weighted by molar-refractivity contribution is 6.29. The van der Waals surface area contributed by atoms with Gasteiger partial charge in [0.05, 0.1) is 18.7 Å². The molecular weight excluding hydrogens is 273 g/mol. The Morgan fingerprint density at radius 3 is 2.78 bits per heavy atom. The van der Waals surface area contributed by atoms with Crippen LogP contribution in [0.2, 0.25) is 5.15 Å². The van der Waals surface area contributed by atoms with Gasteiger partial charge in [-0.05, 0) is 30.3 Å². The lowest BCUT2D eigenvalue weighted by molar-refractivity contribution is 0.111. The molecule has 0 unspecified atom stereocenters. The van der Waals surface area contributed by atoms with Gasteiger partial charge in [-0.15, -0.1) is 11.6 Å². The van der Waals surface area contributed by atoms with Crippen LogP contribution in [0.1, 0.15) is 0 Å². The van der Waals surface area contributed by atoms with Crippen LogP contribution >= 0.6 is 23.2 Å². The van der Waals surface area contributed by atoms with Crippen molar-refractivity contribution >= 4 is 34.1 Å². The predicted molar refractivity (Wildman–Crippen MR) is 73.8 cm³/mol. The lowest BCUT2D eigenvalue weighted by Gasteiger charge is -2.07. The summed E-state index contributed by atoms with van der Waals surface area (Å²) in [6.45, 7) is 1.58. The molecule has 0 atom stereocenters. The van der Waals surface area contributed by atoms with Crippen molar-refractivity contribution in [1.82, 2.24) is 4.98 Å². The average Bonchev–Trinajstić information content (AvgIpc) is 2.38. The first kappa shape index (κ1) is 13.4. The zero-order chi connectivity index (χ0) is 12.8. The van der Waals surface area contributed by atoms with E-state index in [1.54, 1.807) is 6.07 Å². The molecule has 0 aliphatic rings. The normalized spacial score (nSPS) is 10.8. The van der Waals surface area contributed by atoms with Gasteiger partial charge < -0.3 is 9.47 Å². The standard InChI is InChI=1S/C13H13Cl2NO2/c14-5-6-17-7-8-18-11-2-3-12-10(9-11)1-4-13(15)16-12/h1-4,9H,5-8H2. The first-order valence-corrected chi connectivity index (χ1v) is 6.53. The highest BCUT2D eigenvalue weighted by Crippen LogP contribution is 2.21. The summed E-state index contributed by atoms with van der Waals surface area (Å²) < 4.78 is 10.8. The number of rotatable bonds is 6. The number of hydrogen-bond acceptors (Lipinski definition) is 3. The smallest absolute Gasteiger partial charge is 0.129 e. The van der Waals surface area contributed by atoms with Crippen LogP contribution in [0.15, 0.2) is 30.3 Å². The molecule has 0 bridgehead atoms.